The molecule has 1 atom stereocenters. The number of ether oxygens (including phenoxy) is 1. The van der Waals surface area contributed by atoms with Gasteiger partial charge in [0.15, 0.2) is 0 Å². The fraction of sp³-hybridized carbons (Fsp3) is 0.294. The number of nitrogens with zero attached hydrogens (tertiary/aromatic N) is 1. The van der Waals surface area contributed by atoms with Gasteiger partial charge in [-0.3, -0.25) is 4.79 Å². The zero-order chi connectivity index (χ0) is 14.8. The summed E-state index contributed by atoms with van der Waals surface area (Å²) in [6, 6.07) is 13.1. The summed E-state index contributed by atoms with van der Waals surface area (Å²) in [5, 5.41) is 2.12. The minimum Gasteiger partial charge on any atom is -0.467 e. The zero-order valence-corrected chi connectivity index (χ0v) is 11.9. The molecule has 0 unspecified atom stereocenters. The van der Waals surface area contributed by atoms with Gasteiger partial charge in [-0.2, -0.15) is 0 Å². The van der Waals surface area contributed by atoms with E-state index < -0.39 is 6.04 Å². The summed E-state index contributed by atoms with van der Waals surface area (Å²) in [5.74, 6) is -0.435. The Bertz CT molecular complexity index is 695. The van der Waals surface area contributed by atoms with E-state index in [-0.39, 0.29) is 11.9 Å². The molecule has 1 saturated heterocycles. The second-order valence-corrected chi connectivity index (χ2v) is 5.24. The lowest BCUT2D eigenvalue weighted by molar-refractivity contribution is -0.145. The highest BCUT2D eigenvalue weighted by Crippen LogP contribution is 2.23. The summed E-state index contributed by atoms with van der Waals surface area (Å²) in [4.78, 5) is 26.0. The van der Waals surface area contributed by atoms with E-state index in [4.69, 9.17) is 4.74 Å². The predicted octanol–water partition coefficient (Wildman–Crippen LogP) is 2.62. The number of hydrogen-bond acceptors (Lipinski definition) is 3. The highest BCUT2D eigenvalue weighted by atomic mass is 16.5. The van der Waals surface area contributed by atoms with Crippen LogP contribution >= 0.6 is 0 Å². The number of benzene rings is 2. The molecule has 4 nitrogen and oxygen atoms in total. The molecule has 0 aliphatic carbocycles. The van der Waals surface area contributed by atoms with Gasteiger partial charge in [0.25, 0.3) is 5.91 Å². The van der Waals surface area contributed by atoms with E-state index in [0.717, 1.165) is 17.2 Å². The lowest BCUT2D eigenvalue weighted by atomic mass is 10.1. The smallest absolute Gasteiger partial charge is 0.328 e. The van der Waals surface area contributed by atoms with Crippen LogP contribution in [0.3, 0.4) is 0 Å². The molecule has 0 saturated carbocycles. The number of carbonyl (C=O) groups is 2. The van der Waals surface area contributed by atoms with Crippen LogP contribution in [-0.4, -0.2) is 36.5 Å². The molecule has 2 aromatic rings. The molecule has 4 heteroatoms. The molecule has 0 radical (unpaired) electrons. The van der Waals surface area contributed by atoms with Crippen molar-refractivity contribution in [1.82, 2.24) is 4.90 Å². The van der Waals surface area contributed by atoms with Crippen molar-refractivity contribution in [3.05, 3.63) is 48.0 Å². The van der Waals surface area contributed by atoms with Gasteiger partial charge in [0, 0.05) is 12.1 Å². The molecular formula is C17H17NO3. The summed E-state index contributed by atoms with van der Waals surface area (Å²) in [7, 11) is 1.36. The molecule has 3 rings (SSSR count). The van der Waals surface area contributed by atoms with Gasteiger partial charge in [0.2, 0.25) is 0 Å². The van der Waals surface area contributed by atoms with Crippen molar-refractivity contribution in [2.24, 2.45) is 0 Å². The van der Waals surface area contributed by atoms with Crippen LogP contribution in [0, 0.1) is 0 Å². The molecule has 1 heterocycles. The molecule has 0 bridgehead atoms. The largest absolute Gasteiger partial charge is 0.467 e. The van der Waals surface area contributed by atoms with Gasteiger partial charge >= 0.3 is 5.97 Å². The maximum atomic E-state index is 12.6. The van der Waals surface area contributed by atoms with Crippen LogP contribution in [0.5, 0.6) is 0 Å². The number of likely N-dealkylation sites (tertiary alicyclic amines) is 1. The fourth-order valence-electron chi connectivity index (χ4n) is 2.88. The Morgan fingerprint density at radius 3 is 2.67 bits per heavy atom. The molecule has 108 valence electrons. The van der Waals surface area contributed by atoms with Crippen molar-refractivity contribution in [2.75, 3.05) is 13.7 Å². The Labute approximate surface area is 123 Å². The maximum Gasteiger partial charge on any atom is 0.328 e. The van der Waals surface area contributed by atoms with E-state index in [1.165, 1.54) is 7.11 Å². The summed E-state index contributed by atoms with van der Waals surface area (Å²) >= 11 is 0. The lowest BCUT2D eigenvalue weighted by Crippen LogP contribution is -2.41. The van der Waals surface area contributed by atoms with Gasteiger partial charge in [-0.25, -0.2) is 4.79 Å². The lowest BCUT2D eigenvalue weighted by Gasteiger charge is -2.22. The summed E-state index contributed by atoms with van der Waals surface area (Å²) < 4.78 is 4.79. The van der Waals surface area contributed by atoms with E-state index in [2.05, 4.69) is 0 Å². The minimum absolute atomic E-state index is 0.103. The third kappa shape index (κ3) is 2.49. The third-order valence-corrected chi connectivity index (χ3v) is 3.98. The summed E-state index contributed by atoms with van der Waals surface area (Å²) in [6.07, 6.45) is 1.51. The highest BCUT2D eigenvalue weighted by molar-refractivity contribution is 6.00. The van der Waals surface area contributed by atoms with E-state index in [9.17, 15) is 9.59 Å². The highest BCUT2D eigenvalue weighted by Gasteiger charge is 2.35. The SMILES string of the molecule is COC(=O)[C@H]1CCCN1C(=O)c1ccc2ccccc2c1. The Kier molecular flexibility index (Phi) is 3.60. The molecule has 1 aliphatic rings. The Morgan fingerprint density at radius 2 is 1.90 bits per heavy atom. The van der Waals surface area contributed by atoms with Crippen LogP contribution in [-0.2, 0) is 9.53 Å². The number of esters is 1. The van der Waals surface area contributed by atoms with Gasteiger partial charge < -0.3 is 9.64 Å². The number of rotatable bonds is 2. The topological polar surface area (TPSA) is 46.6 Å². The van der Waals surface area contributed by atoms with Crippen molar-refractivity contribution in [3.63, 3.8) is 0 Å². The minimum atomic E-state index is -0.450. The first-order valence-electron chi connectivity index (χ1n) is 7.08. The first-order valence-corrected chi connectivity index (χ1v) is 7.08. The van der Waals surface area contributed by atoms with Crippen LogP contribution in [0.15, 0.2) is 42.5 Å². The first kappa shape index (κ1) is 13.6. The monoisotopic (exact) mass is 283 g/mol. The number of amides is 1. The second kappa shape index (κ2) is 5.56. The van der Waals surface area contributed by atoms with Crippen LogP contribution in [0.2, 0.25) is 0 Å². The molecular weight excluding hydrogens is 266 g/mol. The number of methoxy groups -OCH3 is 1. The van der Waals surface area contributed by atoms with Gasteiger partial charge in [-0.15, -0.1) is 0 Å². The Balaban J connectivity index is 1.91. The number of hydrogen-bond donors (Lipinski definition) is 0. The molecule has 0 N–H and O–H groups in total. The van der Waals surface area contributed by atoms with Gasteiger partial charge in [-0.05, 0) is 35.7 Å². The van der Waals surface area contributed by atoms with E-state index in [1.54, 1.807) is 4.90 Å². The van der Waals surface area contributed by atoms with Crippen molar-refractivity contribution < 1.29 is 14.3 Å². The quantitative estimate of drug-likeness (QED) is 0.796. The molecule has 21 heavy (non-hydrogen) atoms. The van der Waals surface area contributed by atoms with Crippen molar-refractivity contribution in [1.29, 1.82) is 0 Å². The van der Waals surface area contributed by atoms with Crippen LogP contribution < -0.4 is 0 Å². The van der Waals surface area contributed by atoms with Crippen molar-refractivity contribution in [2.45, 2.75) is 18.9 Å². The molecule has 1 amide bonds. The standard InChI is InChI=1S/C17H17NO3/c1-21-17(20)15-7-4-10-18(15)16(19)14-9-8-12-5-2-3-6-13(12)11-14/h2-3,5-6,8-9,11,15H,4,7,10H2,1H3/t15-/m1/s1. The molecule has 0 aromatic heterocycles. The van der Waals surface area contributed by atoms with E-state index in [1.807, 2.05) is 42.5 Å². The average Bonchev–Trinajstić information content (AvgIpc) is 3.02. The first-order chi connectivity index (χ1) is 10.2. The normalized spacial score (nSPS) is 18.0. The second-order valence-electron chi connectivity index (χ2n) is 5.24. The summed E-state index contributed by atoms with van der Waals surface area (Å²) in [5.41, 5.74) is 0.615. The van der Waals surface area contributed by atoms with E-state index in [0.29, 0.717) is 18.5 Å². The van der Waals surface area contributed by atoms with Gasteiger partial charge in [0.1, 0.15) is 6.04 Å². The molecule has 1 fully saturated rings. The molecule has 2 aromatic carbocycles. The average molecular weight is 283 g/mol. The van der Waals surface area contributed by atoms with Crippen molar-refractivity contribution in [3.8, 4) is 0 Å². The zero-order valence-electron chi connectivity index (χ0n) is 11.9. The summed E-state index contributed by atoms with van der Waals surface area (Å²) in [6.45, 7) is 0.603. The Morgan fingerprint density at radius 1 is 1.14 bits per heavy atom. The van der Waals surface area contributed by atoms with Crippen LogP contribution in [0.1, 0.15) is 23.2 Å². The van der Waals surface area contributed by atoms with Gasteiger partial charge in [-0.1, -0.05) is 30.3 Å². The van der Waals surface area contributed by atoms with E-state index >= 15 is 0 Å². The van der Waals surface area contributed by atoms with Gasteiger partial charge in [0.05, 0.1) is 7.11 Å². The Hall–Kier alpha value is -2.36. The fourth-order valence-corrected chi connectivity index (χ4v) is 2.88. The predicted molar refractivity (Wildman–Crippen MR) is 80.0 cm³/mol. The number of fused-ring (bicyclic) bond motifs is 1. The molecule has 1 aliphatic heterocycles. The van der Waals surface area contributed by atoms with Crippen molar-refractivity contribution >= 4 is 22.6 Å². The third-order valence-electron chi connectivity index (χ3n) is 3.98. The van der Waals surface area contributed by atoms with Crippen LogP contribution in [0.4, 0.5) is 0 Å². The molecule has 0 spiro atoms. The van der Waals surface area contributed by atoms with Crippen LogP contribution in [0.25, 0.3) is 10.8 Å². The number of carbonyl (C=O) groups excluding carboxylic acids is 2. The maximum absolute atomic E-state index is 12.6.